The van der Waals surface area contributed by atoms with Crippen molar-refractivity contribution < 1.29 is 4.92 Å². The Labute approximate surface area is 103 Å². The van der Waals surface area contributed by atoms with Gasteiger partial charge >= 0.3 is 0 Å². The van der Waals surface area contributed by atoms with Crippen molar-refractivity contribution in [2.24, 2.45) is 0 Å². The van der Waals surface area contributed by atoms with Crippen LogP contribution in [-0.4, -0.2) is 19.7 Å². The summed E-state index contributed by atoms with van der Waals surface area (Å²) in [4.78, 5) is 10.4. The van der Waals surface area contributed by atoms with E-state index >= 15 is 0 Å². The maximum Gasteiger partial charge on any atom is 0.269 e. The first-order chi connectivity index (χ1) is 8.75. The monoisotopic (exact) mass is 244 g/mol. The molecule has 1 saturated carbocycles. The zero-order chi connectivity index (χ0) is 12.5. The predicted molar refractivity (Wildman–Crippen MR) is 64.1 cm³/mol. The van der Waals surface area contributed by atoms with E-state index in [1.807, 2.05) is 10.6 Å². The summed E-state index contributed by atoms with van der Waals surface area (Å²) in [5, 5.41) is 18.4. The van der Waals surface area contributed by atoms with Gasteiger partial charge in [-0.25, -0.2) is 0 Å². The van der Waals surface area contributed by atoms with Crippen molar-refractivity contribution in [1.82, 2.24) is 14.8 Å². The standard InChI is InChI=1S/C12H12N4O2/c17-16(18)10-3-1-2-9(6-10)11-4-5-12(11)15-7-13-14-8-15/h1-3,6-8,11-12H,4-5H2/t11-,12-/m1/s1. The van der Waals surface area contributed by atoms with Crippen LogP contribution in [0.2, 0.25) is 0 Å². The molecule has 6 nitrogen and oxygen atoms in total. The fourth-order valence-electron chi connectivity index (χ4n) is 2.48. The van der Waals surface area contributed by atoms with Crippen LogP contribution >= 0.6 is 0 Å². The quantitative estimate of drug-likeness (QED) is 0.613. The lowest BCUT2D eigenvalue weighted by molar-refractivity contribution is -0.384. The van der Waals surface area contributed by atoms with Crippen molar-refractivity contribution in [3.8, 4) is 0 Å². The van der Waals surface area contributed by atoms with Crippen molar-refractivity contribution >= 4 is 5.69 Å². The molecule has 0 N–H and O–H groups in total. The second-order valence-electron chi connectivity index (χ2n) is 4.51. The molecule has 1 fully saturated rings. The Morgan fingerprint density at radius 1 is 1.28 bits per heavy atom. The lowest BCUT2D eigenvalue weighted by Gasteiger charge is -2.37. The fraction of sp³-hybridized carbons (Fsp3) is 0.333. The Morgan fingerprint density at radius 2 is 2.06 bits per heavy atom. The number of non-ortho nitro benzene ring substituents is 1. The molecule has 1 heterocycles. The molecule has 3 rings (SSSR count). The second kappa shape index (κ2) is 4.21. The summed E-state index contributed by atoms with van der Waals surface area (Å²) in [5.74, 6) is 0.320. The van der Waals surface area contributed by atoms with Gasteiger partial charge in [-0.3, -0.25) is 10.1 Å². The van der Waals surface area contributed by atoms with Crippen LogP contribution in [0.3, 0.4) is 0 Å². The van der Waals surface area contributed by atoms with Gasteiger partial charge in [-0.05, 0) is 18.4 Å². The number of nitrogens with zero attached hydrogens (tertiary/aromatic N) is 4. The van der Waals surface area contributed by atoms with E-state index in [4.69, 9.17) is 0 Å². The number of benzene rings is 1. The SMILES string of the molecule is O=[N+]([O-])c1cccc([C@H]2CC[C@H]2n2cnnc2)c1. The average Bonchev–Trinajstić information content (AvgIpc) is 2.81. The highest BCUT2D eigenvalue weighted by Gasteiger charge is 2.34. The van der Waals surface area contributed by atoms with Gasteiger partial charge in [0, 0.05) is 24.1 Å². The highest BCUT2D eigenvalue weighted by atomic mass is 16.6. The third-order valence-corrected chi connectivity index (χ3v) is 3.57. The fourth-order valence-corrected chi connectivity index (χ4v) is 2.48. The van der Waals surface area contributed by atoms with Crippen LogP contribution in [0.25, 0.3) is 0 Å². The topological polar surface area (TPSA) is 73.8 Å². The van der Waals surface area contributed by atoms with E-state index in [-0.39, 0.29) is 10.6 Å². The van der Waals surface area contributed by atoms with Gasteiger partial charge in [0.1, 0.15) is 12.7 Å². The van der Waals surface area contributed by atoms with Crippen LogP contribution in [-0.2, 0) is 0 Å². The molecule has 92 valence electrons. The Kier molecular flexibility index (Phi) is 2.55. The molecule has 2 atom stereocenters. The van der Waals surface area contributed by atoms with Gasteiger partial charge in [0.2, 0.25) is 0 Å². The van der Waals surface area contributed by atoms with Crippen molar-refractivity contribution in [2.75, 3.05) is 0 Å². The minimum absolute atomic E-state index is 0.155. The number of aromatic nitrogens is 3. The number of nitro benzene ring substituents is 1. The zero-order valence-electron chi connectivity index (χ0n) is 9.64. The lowest BCUT2D eigenvalue weighted by atomic mass is 9.75. The molecule has 1 aliphatic rings. The van der Waals surface area contributed by atoms with Crippen LogP contribution < -0.4 is 0 Å². The van der Waals surface area contributed by atoms with Gasteiger partial charge in [-0.1, -0.05) is 12.1 Å². The molecule has 1 aromatic heterocycles. The van der Waals surface area contributed by atoms with E-state index in [2.05, 4.69) is 10.2 Å². The third-order valence-electron chi connectivity index (χ3n) is 3.57. The molecule has 0 saturated heterocycles. The van der Waals surface area contributed by atoms with Crippen LogP contribution in [0.5, 0.6) is 0 Å². The molecule has 1 aliphatic carbocycles. The highest BCUT2D eigenvalue weighted by molar-refractivity contribution is 5.37. The van der Waals surface area contributed by atoms with E-state index in [1.54, 1.807) is 24.8 Å². The van der Waals surface area contributed by atoms with Crippen molar-refractivity contribution in [1.29, 1.82) is 0 Å². The van der Waals surface area contributed by atoms with E-state index in [0.717, 1.165) is 18.4 Å². The summed E-state index contributed by atoms with van der Waals surface area (Å²) in [6.45, 7) is 0. The van der Waals surface area contributed by atoms with Crippen LogP contribution in [0.1, 0.15) is 30.4 Å². The van der Waals surface area contributed by atoms with Crippen LogP contribution in [0, 0.1) is 10.1 Å². The Hall–Kier alpha value is -2.24. The van der Waals surface area contributed by atoms with Gasteiger partial charge in [-0.2, -0.15) is 0 Å². The predicted octanol–water partition coefficient (Wildman–Crippen LogP) is 2.30. The maximum atomic E-state index is 10.8. The van der Waals surface area contributed by atoms with E-state index < -0.39 is 0 Å². The molecule has 2 aromatic rings. The Morgan fingerprint density at radius 3 is 2.67 bits per heavy atom. The first-order valence-electron chi connectivity index (χ1n) is 5.84. The van der Waals surface area contributed by atoms with Gasteiger partial charge in [-0.15, -0.1) is 10.2 Å². The molecule has 0 unspecified atom stereocenters. The summed E-state index contributed by atoms with van der Waals surface area (Å²) in [6.07, 6.45) is 5.51. The third kappa shape index (κ3) is 1.75. The van der Waals surface area contributed by atoms with E-state index in [9.17, 15) is 10.1 Å². The first kappa shape index (κ1) is 10.9. The van der Waals surface area contributed by atoms with Gasteiger partial charge < -0.3 is 4.57 Å². The number of rotatable bonds is 3. The summed E-state index contributed by atoms with van der Waals surface area (Å²) in [7, 11) is 0. The second-order valence-corrected chi connectivity index (χ2v) is 4.51. The number of hydrogen-bond acceptors (Lipinski definition) is 4. The molecular formula is C12H12N4O2. The summed E-state index contributed by atoms with van der Waals surface area (Å²) in [6, 6.07) is 7.21. The Balaban J connectivity index is 1.87. The number of hydrogen-bond donors (Lipinski definition) is 0. The van der Waals surface area contributed by atoms with E-state index in [0.29, 0.717) is 12.0 Å². The summed E-state index contributed by atoms with van der Waals surface area (Å²) < 4.78 is 1.98. The van der Waals surface area contributed by atoms with Crippen LogP contribution in [0.15, 0.2) is 36.9 Å². The molecule has 18 heavy (non-hydrogen) atoms. The molecule has 6 heteroatoms. The molecule has 0 bridgehead atoms. The smallest absolute Gasteiger partial charge is 0.269 e. The molecule has 0 amide bonds. The molecular weight excluding hydrogens is 232 g/mol. The van der Waals surface area contributed by atoms with E-state index in [1.165, 1.54) is 6.07 Å². The molecule has 0 radical (unpaired) electrons. The number of nitro groups is 1. The molecule has 1 aromatic carbocycles. The lowest BCUT2D eigenvalue weighted by Crippen LogP contribution is -2.26. The first-order valence-corrected chi connectivity index (χ1v) is 5.84. The Bertz CT molecular complexity index is 567. The summed E-state index contributed by atoms with van der Waals surface area (Å²) >= 11 is 0. The highest BCUT2D eigenvalue weighted by Crippen LogP contribution is 2.46. The average molecular weight is 244 g/mol. The minimum atomic E-state index is -0.351. The normalized spacial score (nSPS) is 22.4. The molecule has 0 spiro atoms. The molecule has 0 aliphatic heterocycles. The zero-order valence-corrected chi connectivity index (χ0v) is 9.64. The van der Waals surface area contributed by atoms with Crippen molar-refractivity contribution in [2.45, 2.75) is 24.8 Å². The summed E-state index contributed by atoms with van der Waals surface area (Å²) in [5.41, 5.74) is 1.18. The largest absolute Gasteiger partial charge is 0.316 e. The van der Waals surface area contributed by atoms with Crippen molar-refractivity contribution in [3.63, 3.8) is 0 Å². The van der Waals surface area contributed by atoms with Gasteiger partial charge in [0.05, 0.1) is 4.92 Å². The maximum absolute atomic E-state index is 10.8. The van der Waals surface area contributed by atoms with Gasteiger partial charge in [0.25, 0.3) is 5.69 Å². The van der Waals surface area contributed by atoms with Gasteiger partial charge in [0.15, 0.2) is 0 Å². The van der Waals surface area contributed by atoms with Crippen molar-refractivity contribution in [3.05, 3.63) is 52.6 Å². The van der Waals surface area contributed by atoms with Crippen LogP contribution in [0.4, 0.5) is 5.69 Å². The minimum Gasteiger partial charge on any atom is -0.316 e.